The Bertz CT molecular complexity index is 547. The first-order valence-corrected chi connectivity index (χ1v) is 7.54. The summed E-state index contributed by atoms with van der Waals surface area (Å²) in [5.41, 5.74) is 6.05. The summed E-state index contributed by atoms with van der Waals surface area (Å²) in [5.74, 6) is -1.64. The van der Waals surface area contributed by atoms with E-state index in [9.17, 15) is 22.8 Å². The number of alkyl halides is 3. The highest BCUT2D eigenvalue weighted by Gasteiger charge is 2.40. The molecule has 1 aromatic carbocycles. The van der Waals surface area contributed by atoms with Crippen molar-refractivity contribution in [2.24, 2.45) is 11.7 Å². The Morgan fingerprint density at radius 3 is 2.25 bits per heavy atom. The Kier molecular flexibility index (Phi) is 7.21. The first-order valence-electron chi connectivity index (χ1n) is 7.54. The van der Waals surface area contributed by atoms with E-state index in [0.29, 0.717) is 5.56 Å². The van der Waals surface area contributed by atoms with Crippen LogP contribution in [0.4, 0.5) is 13.2 Å². The van der Waals surface area contributed by atoms with E-state index in [-0.39, 0.29) is 12.3 Å². The molecule has 1 unspecified atom stereocenters. The minimum absolute atomic E-state index is 0.144. The fourth-order valence-electron chi connectivity index (χ4n) is 1.93. The summed E-state index contributed by atoms with van der Waals surface area (Å²) >= 11 is 0. The molecule has 0 saturated carbocycles. The Morgan fingerprint density at radius 2 is 1.75 bits per heavy atom. The molecule has 0 radical (unpaired) electrons. The van der Waals surface area contributed by atoms with Gasteiger partial charge in [-0.25, -0.2) is 0 Å². The van der Waals surface area contributed by atoms with Crippen molar-refractivity contribution < 1.29 is 22.8 Å². The molecule has 0 aromatic heterocycles. The molecular weight excluding hydrogens is 323 g/mol. The highest BCUT2D eigenvalue weighted by molar-refractivity contribution is 5.87. The summed E-state index contributed by atoms with van der Waals surface area (Å²) in [7, 11) is 0. The summed E-state index contributed by atoms with van der Waals surface area (Å²) in [5, 5.41) is 4.15. The summed E-state index contributed by atoms with van der Waals surface area (Å²) < 4.78 is 39.2. The number of benzene rings is 1. The van der Waals surface area contributed by atoms with E-state index < -0.39 is 36.6 Å². The van der Waals surface area contributed by atoms with E-state index in [4.69, 9.17) is 5.73 Å². The van der Waals surface area contributed by atoms with Crippen LogP contribution in [0.25, 0.3) is 0 Å². The van der Waals surface area contributed by atoms with Crippen LogP contribution in [0.5, 0.6) is 0 Å². The Balaban J connectivity index is 2.61. The number of carbonyl (C=O) groups excluding carboxylic acids is 2. The third kappa shape index (κ3) is 6.57. The summed E-state index contributed by atoms with van der Waals surface area (Å²) in [6.45, 7) is 2.90. The molecule has 1 aromatic rings. The van der Waals surface area contributed by atoms with Gasteiger partial charge < -0.3 is 16.4 Å². The van der Waals surface area contributed by atoms with Crippen molar-refractivity contribution in [2.45, 2.75) is 38.5 Å². The number of rotatable bonds is 7. The lowest BCUT2D eigenvalue weighted by atomic mass is 10.0. The minimum Gasteiger partial charge on any atom is -0.346 e. The van der Waals surface area contributed by atoms with Gasteiger partial charge in [0.1, 0.15) is 6.04 Å². The molecule has 0 saturated heterocycles. The number of amides is 2. The number of nitrogens with two attached hydrogens (primary N) is 1. The molecule has 0 aliphatic heterocycles. The second kappa shape index (κ2) is 8.68. The quantitative estimate of drug-likeness (QED) is 0.698. The number of carbonyl (C=O) groups is 2. The molecule has 0 spiro atoms. The van der Waals surface area contributed by atoms with Gasteiger partial charge in [0.25, 0.3) is 0 Å². The van der Waals surface area contributed by atoms with Crippen molar-refractivity contribution in [1.29, 1.82) is 0 Å². The van der Waals surface area contributed by atoms with Gasteiger partial charge in [-0.1, -0.05) is 44.2 Å². The third-order valence-electron chi connectivity index (χ3n) is 3.46. The number of hydrogen-bond acceptors (Lipinski definition) is 3. The normalized spacial score (nSPS) is 14.1. The van der Waals surface area contributed by atoms with Gasteiger partial charge in [-0.15, -0.1) is 0 Å². The predicted octanol–water partition coefficient (Wildman–Crippen LogP) is 1.38. The van der Waals surface area contributed by atoms with Gasteiger partial charge in [0.15, 0.2) is 0 Å². The number of halogens is 3. The average Bonchev–Trinajstić information content (AvgIpc) is 2.51. The van der Waals surface area contributed by atoms with Crippen molar-refractivity contribution in [1.82, 2.24) is 10.6 Å². The molecule has 4 N–H and O–H groups in total. The van der Waals surface area contributed by atoms with Gasteiger partial charge in [-0.05, 0) is 11.5 Å². The number of hydrogen-bond donors (Lipinski definition) is 3. The minimum atomic E-state index is -4.59. The van der Waals surface area contributed by atoms with Crippen molar-refractivity contribution in [3.8, 4) is 0 Å². The van der Waals surface area contributed by atoms with Crippen LogP contribution in [0, 0.1) is 5.92 Å². The Labute approximate surface area is 138 Å². The lowest BCUT2D eigenvalue weighted by Gasteiger charge is -2.22. The van der Waals surface area contributed by atoms with Gasteiger partial charge >= 0.3 is 6.18 Å². The largest absolute Gasteiger partial charge is 0.408 e. The molecule has 0 heterocycles. The zero-order chi connectivity index (χ0) is 18.3. The molecule has 0 bridgehead atoms. The lowest BCUT2D eigenvalue weighted by molar-refractivity contribution is -0.161. The fourth-order valence-corrected chi connectivity index (χ4v) is 1.93. The molecule has 2 amide bonds. The lowest BCUT2D eigenvalue weighted by Crippen LogP contribution is -2.52. The van der Waals surface area contributed by atoms with Gasteiger partial charge in [-0.2, -0.15) is 13.2 Å². The van der Waals surface area contributed by atoms with Gasteiger partial charge in [0, 0.05) is 6.42 Å². The molecule has 0 aliphatic carbocycles. The maximum absolute atomic E-state index is 13.1. The van der Waals surface area contributed by atoms with E-state index in [1.165, 1.54) is 0 Å². The first-order chi connectivity index (χ1) is 11.1. The van der Waals surface area contributed by atoms with Crippen LogP contribution in [-0.4, -0.2) is 36.6 Å². The van der Waals surface area contributed by atoms with Gasteiger partial charge in [0.05, 0.1) is 12.6 Å². The van der Waals surface area contributed by atoms with Crippen LogP contribution in [0.2, 0.25) is 0 Å². The van der Waals surface area contributed by atoms with Gasteiger partial charge in [-0.3, -0.25) is 9.59 Å². The van der Waals surface area contributed by atoms with E-state index >= 15 is 0 Å². The van der Waals surface area contributed by atoms with Crippen molar-refractivity contribution >= 4 is 11.8 Å². The van der Waals surface area contributed by atoms with Crippen molar-refractivity contribution in [2.75, 3.05) is 6.54 Å². The van der Waals surface area contributed by atoms with E-state index in [2.05, 4.69) is 5.32 Å². The van der Waals surface area contributed by atoms with E-state index in [0.717, 1.165) is 0 Å². The van der Waals surface area contributed by atoms with Gasteiger partial charge in [0.2, 0.25) is 11.8 Å². The second-order valence-electron chi connectivity index (χ2n) is 5.84. The Morgan fingerprint density at radius 1 is 1.17 bits per heavy atom. The molecule has 2 atom stereocenters. The second-order valence-corrected chi connectivity index (χ2v) is 5.84. The van der Waals surface area contributed by atoms with Crippen LogP contribution >= 0.6 is 0 Å². The number of nitrogens with one attached hydrogen (secondary N) is 2. The molecule has 134 valence electrons. The van der Waals surface area contributed by atoms with Crippen LogP contribution in [0.3, 0.4) is 0 Å². The van der Waals surface area contributed by atoms with E-state index in [1.54, 1.807) is 44.2 Å². The average molecular weight is 345 g/mol. The fraction of sp³-hybridized carbons (Fsp3) is 0.500. The van der Waals surface area contributed by atoms with Crippen LogP contribution in [0.1, 0.15) is 19.4 Å². The highest BCUT2D eigenvalue weighted by Crippen LogP contribution is 2.23. The maximum atomic E-state index is 13.1. The SMILES string of the molecule is CC(C)[C@H](N)C(=O)NCC(=O)NC(Cc1ccccc1)C(F)(F)F. The monoisotopic (exact) mass is 345 g/mol. The van der Waals surface area contributed by atoms with Crippen molar-refractivity contribution in [3.63, 3.8) is 0 Å². The molecular formula is C16H22F3N3O2. The molecule has 8 heteroatoms. The summed E-state index contributed by atoms with van der Waals surface area (Å²) in [4.78, 5) is 23.3. The smallest absolute Gasteiger partial charge is 0.346 e. The molecule has 0 fully saturated rings. The van der Waals surface area contributed by atoms with E-state index in [1.807, 2.05) is 5.32 Å². The Hall–Kier alpha value is -2.09. The van der Waals surface area contributed by atoms with Crippen molar-refractivity contribution in [3.05, 3.63) is 35.9 Å². The molecule has 0 aliphatic rings. The third-order valence-corrected chi connectivity index (χ3v) is 3.46. The molecule has 5 nitrogen and oxygen atoms in total. The molecule has 24 heavy (non-hydrogen) atoms. The maximum Gasteiger partial charge on any atom is 0.408 e. The van der Waals surface area contributed by atoms with Crippen LogP contribution < -0.4 is 16.4 Å². The highest BCUT2D eigenvalue weighted by atomic mass is 19.4. The van der Waals surface area contributed by atoms with Crippen LogP contribution in [-0.2, 0) is 16.0 Å². The molecule has 1 rings (SSSR count). The summed E-state index contributed by atoms with van der Waals surface area (Å²) in [6, 6.07) is 5.19. The predicted molar refractivity (Wildman–Crippen MR) is 84.0 cm³/mol. The topological polar surface area (TPSA) is 84.2 Å². The zero-order valence-corrected chi connectivity index (χ0v) is 13.6. The standard InChI is InChI=1S/C16H22F3N3O2/c1-10(2)14(20)15(24)21-9-13(23)22-12(16(17,18)19)8-11-6-4-3-5-7-11/h3-7,10,12,14H,8-9,20H2,1-2H3,(H,21,24)(H,22,23)/t12?,14-/m0/s1. The zero-order valence-electron chi connectivity index (χ0n) is 13.6. The summed E-state index contributed by atoms with van der Waals surface area (Å²) in [6.07, 6.45) is -4.97. The first kappa shape index (κ1) is 20.0. The van der Waals surface area contributed by atoms with Crippen LogP contribution in [0.15, 0.2) is 30.3 Å².